The molecule has 0 aliphatic heterocycles. The molecule has 6 heteroatoms. The summed E-state index contributed by atoms with van der Waals surface area (Å²) in [6, 6.07) is 14.3. The molecule has 0 bridgehead atoms. The number of rotatable bonds is 2. The van der Waals surface area contributed by atoms with Gasteiger partial charge in [0.2, 0.25) is 0 Å². The number of hydrogen-bond donors (Lipinski definition) is 2. The van der Waals surface area contributed by atoms with Crippen LogP contribution in [0.1, 0.15) is 31.8 Å². The summed E-state index contributed by atoms with van der Waals surface area (Å²) in [5, 5.41) is 14.1. The van der Waals surface area contributed by atoms with Crippen molar-refractivity contribution in [2.24, 2.45) is 0 Å². The lowest BCUT2D eigenvalue weighted by atomic mass is 9.82. The summed E-state index contributed by atoms with van der Waals surface area (Å²) in [6.07, 6.45) is 0. The number of phenols is 1. The highest BCUT2D eigenvalue weighted by Gasteiger charge is 2.33. The molecule has 4 nitrogen and oxygen atoms in total. The molecule has 0 atom stereocenters. The van der Waals surface area contributed by atoms with E-state index in [0.29, 0.717) is 21.4 Å². The summed E-state index contributed by atoms with van der Waals surface area (Å²) in [5.74, 6) is -0.956. The standard InChI is InChI=1S/C20H11Cl2NO3/c21-10-7-8-13(22)15(9-10)23-14-5-1-3-11-17(14)20(26)18-12(19(11)25)4-2-6-16(18)24/h1-9,23-24H. The first-order valence-corrected chi connectivity index (χ1v) is 8.49. The molecule has 0 spiro atoms. The van der Waals surface area contributed by atoms with E-state index in [1.165, 1.54) is 18.2 Å². The highest BCUT2D eigenvalue weighted by Crippen LogP contribution is 2.37. The third kappa shape index (κ3) is 2.55. The fourth-order valence-electron chi connectivity index (χ4n) is 3.07. The second-order valence-corrected chi connectivity index (χ2v) is 6.68. The van der Waals surface area contributed by atoms with Gasteiger partial charge in [0.25, 0.3) is 0 Å². The van der Waals surface area contributed by atoms with Crippen molar-refractivity contribution in [1.82, 2.24) is 0 Å². The van der Waals surface area contributed by atoms with Gasteiger partial charge < -0.3 is 10.4 Å². The molecule has 3 aromatic rings. The van der Waals surface area contributed by atoms with Crippen molar-refractivity contribution in [2.45, 2.75) is 0 Å². The van der Waals surface area contributed by atoms with Gasteiger partial charge in [-0.15, -0.1) is 0 Å². The van der Waals surface area contributed by atoms with Gasteiger partial charge in [-0.05, 0) is 30.3 Å². The molecule has 0 fully saturated rings. The third-order valence-corrected chi connectivity index (χ3v) is 4.81. The van der Waals surface area contributed by atoms with Crippen LogP contribution in [0, 0.1) is 0 Å². The van der Waals surface area contributed by atoms with Gasteiger partial charge in [0.1, 0.15) is 5.75 Å². The van der Waals surface area contributed by atoms with Gasteiger partial charge in [-0.25, -0.2) is 0 Å². The van der Waals surface area contributed by atoms with E-state index in [1.807, 2.05) is 0 Å². The van der Waals surface area contributed by atoms with E-state index in [1.54, 1.807) is 36.4 Å². The average molecular weight is 384 g/mol. The van der Waals surface area contributed by atoms with Gasteiger partial charge in [-0.1, -0.05) is 47.5 Å². The Balaban J connectivity index is 1.89. The number of fused-ring (bicyclic) bond motifs is 2. The molecular formula is C20H11Cl2NO3. The van der Waals surface area contributed by atoms with Crippen molar-refractivity contribution < 1.29 is 14.7 Å². The number of ketones is 2. The minimum absolute atomic E-state index is 0.0106. The molecule has 0 radical (unpaired) electrons. The van der Waals surface area contributed by atoms with Crippen LogP contribution in [-0.4, -0.2) is 16.7 Å². The Bertz CT molecular complexity index is 1090. The summed E-state index contributed by atoms with van der Waals surface area (Å²) in [7, 11) is 0. The first-order valence-electron chi connectivity index (χ1n) is 7.74. The van der Waals surface area contributed by atoms with Crippen molar-refractivity contribution >= 4 is 46.1 Å². The monoisotopic (exact) mass is 383 g/mol. The van der Waals surface area contributed by atoms with Crippen LogP contribution >= 0.6 is 23.2 Å². The average Bonchev–Trinajstić information content (AvgIpc) is 2.62. The van der Waals surface area contributed by atoms with Gasteiger partial charge in [0, 0.05) is 16.1 Å². The molecule has 4 rings (SSSR count). The number of carbonyl (C=O) groups is 2. The van der Waals surface area contributed by atoms with Gasteiger partial charge in [-0.2, -0.15) is 0 Å². The largest absolute Gasteiger partial charge is 0.507 e. The smallest absolute Gasteiger partial charge is 0.200 e. The Kier molecular flexibility index (Phi) is 3.94. The van der Waals surface area contributed by atoms with Crippen molar-refractivity contribution in [3.8, 4) is 5.75 Å². The van der Waals surface area contributed by atoms with Crippen molar-refractivity contribution in [3.05, 3.63) is 86.9 Å². The van der Waals surface area contributed by atoms with E-state index < -0.39 is 5.78 Å². The van der Waals surface area contributed by atoms with E-state index in [4.69, 9.17) is 23.2 Å². The predicted molar refractivity (Wildman–Crippen MR) is 101 cm³/mol. The van der Waals surface area contributed by atoms with Gasteiger partial charge in [-0.3, -0.25) is 9.59 Å². The number of nitrogens with one attached hydrogen (secondary N) is 1. The number of carbonyl (C=O) groups excluding carboxylic acids is 2. The third-order valence-electron chi connectivity index (χ3n) is 4.25. The van der Waals surface area contributed by atoms with Crippen molar-refractivity contribution in [1.29, 1.82) is 0 Å². The quantitative estimate of drug-likeness (QED) is 0.498. The Morgan fingerprint density at radius 2 is 1.46 bits per heavy atom. The zero-order valence-electron chi connectivity index (χ0n) is 13.2. The Morgan fingerprint density at radius 3 is 2.23 bits per heavy atom. The lowest BCUT2D eigenvalue weighted by Gasteiger charge is -2.21. The highest BCUT2D eigenvalue weighted by molar-refractivity contribution is 6.35. The van der Waals surface area contributed by atoms with E-state index in [9.17, 15) is 14.7 Å². The topological polar surface area (TPSA) is 66.4 Å². The molecule has 0 aromatic heterocycles. The highest BCUT2D eigenvalue weighted by atomic mass is 35.5. The van der Waals surface area contributed by atoms with Crippen LogP contribution in [0.4, 0.5) is 11.4 Å². The van der Waals surface area contributed by atoms with Crippen LogP contribution < -0.4 is 5.32 Å². The van der Waals surface area contributed by atoms with Crippen LogP contribution in [0.15, 0.2) is 54.6 Å². The zero-order chi connectivity index (χ0) is 18.4. The van der Waals surface area contributed by atoms with Crippen molar-refractivity contribution in [3.63, 3.8) is 0 Å². The number of halogens is 2. The minimum Gasteiger partial charge on any atom is -0.507 e. The fourth-order valence-corrected chi connectivity index (χ4v) is 3.40. The second-order valence-electron chi connectivity index (χ2n) is 5.84. The second kappa shape index (κ2) is 6.16. The lowest BCUT2D eigenvalue weighted by Crippen LogP contribution is -2.22. The Labute approximate surface area is 159 Å². The molecule has 0 heterocycles. The van der Waals surface area contributed by atoms with Crippen LogP contribution in [-0.2, 0) is 0 Å². The van der Waals surface area contributed by atoms with Crippen LogP contribution in [0.25, 0.3) is 0 Å². The number of anilines is 2. The SMILES string of the molecule is O=C1c2cccc(O)c2C(=O)c2c(Nc3cc(Cl)ccc3Cl)cccc21. The molecule has 1 aliphatic carbocycles. The van der Waals surface area contributed by atoms with Gasteiger partial charge in [0.15, 0.2) is 11.6 Å². The summed E-state index contributed by atoms with van der Waals surface area (Å²) in [6.45, 7) is 0. The lowest BCUT2D eigenvalue weighted by molar-refractivity contribution is 0.0977. The fraction of sp³-hybridized carbons (Fsp3) is 0. The molecule has 0 unspecified atom stereocenters. The first-order chi connectivity index (χ1) is 12.5. The maximum Gasteiger partial charge on any atom is 0.200 e. The molecular weight excluding hydrogens is 373 g/mol. The Hall–Kier alpha value is -2.82. The number of hydrogen-bond acceptors (Lipinski definition) is 4. The molecule has 128 valence electrons. The maximum absolute atomic E-state index is 13.0. The summed E-state index contributed by atoms with van der Waals surface area (Å²) >= 11 is 12.2. The molecule has 1 aliphatic rings. The van der Waals surface area contributed by atoms with Crippen LogP contribution in [0.5, 0.6) is 5.75 Å². The Morgan fingerprint density at radius 1 is 0.769 bits per heavy atom. The predicted octanol–water partition coefficient (Wildman–Crippen LogP) is 5.22. The van der Waals surface area contributed by atoms with Gasteiger partial charge in [0.05, 0.1) is 27.5 Å². The van der Waals surface area contributed by atoms with Crippen LogP contribution in [0.3, 0.4) is 0 Å². The van der Waals surface area contributed by atoms with Crippen molar-refractivity contribution in [2.75, 3.05) is 5.32 Å². The number of aromatic hydroxyl groups is 1. The number of benzene rings is 3. The summed E-state index contributed by atoms with van der Waals surface area (Å²) in [5.41, 5.74) is 1.60. The van der Waals surface area contributed by atoms with E-state index in [0.717, 1.165) is 0 Å². The number of phenolic OH excluding ortho intramolecular Hbond substituents is 1. The first kappa shape index (κ1) is 16.6. The summed E-state index contributed by atoms with van der Waals surface area (Å²) in [4.78, 5) is 25.8. The maximum atomic E-state index is 13.0. The van der Waals surface area contributed by atoms with E-state index in [2.05, 4.69) is 5.32 Å². The molecule has 0 saturated heterocycles. The molecule has 2 N–H and O–H groups in total. The molecule has 0 amide bonds. The zero-order valence-corrected chi connectivity index (χ0v) is 14.7. The molecule has 26 heavy (non-hydrogen) atoms. The van der Waals surface area contributed by atoms with Crippen LogP contribution in [0.2, 0.25) is 10.0 Å². The molecule has 3 aromatic carbocycles. The van der Waals surface area contributed by atoms with Gasteiger partial charge >= 0.3 is 0 Å². The van der Waals surface area contributed by atoms with E-state index >= 15 is 0 Å². The normalized spacial score (nSPS) is 12.5. The minimum atomic E-state index is -0.422. The van der Waals surface area contributed by atoms with E-state index in [-0.39, 0.29) is 33.8 Å². The summed E-state index contributed by atoms with van der Waals surface area (Å²) < 4.78 is 0. The molecule has 0 saturated carbocycles.